The Labute approximate surface area is 162 Å². The highest BCUT2D eigenvalue weighted by atomic mass is 32.2. The molecule has 0 unspecified atom stereocenters. The number of amidine groups is 1. The molecule has 3 atom stereocenters. The number of aliphatic imine (C=N–C) groups is 1. The van der Waals surface area contributed by atoms with Crippen LogP contribution in [0, 0.1) is 17.7 Å². The Morgan fingerprint density at radius 3 is 2.74 bits per heavy atom. The number of halogens is 1. The lowest BCUT2D eigenvalue weighted by Gasteiger charge is -2.47. The number of amides is 1. The van der Waals surface area contributed by atoms with Gasteiger partial charge in [0.2, 0.25) is 0 Å². The van der Waals surface area contributed by atoms with Crippen LogP contribution >= 0.6 is 11.8 Å². The second kappa shape index (κ2) is 7.44. The van der Waals surface area contributed by atoms with Crippen LogP contribution in [0.3, 0.4) is 0 Å². The first-order valence-corrected chi connectivity index (χ1v) is 10.0. The summed E-state index contributed by atoms with van der Waals surface area (Å²) >= 11 is 1.51. The number of ether oxygens (including phenoxy) is 1. The van der Waals surface area contributed by atoms with Gasteiger partial charge in [-0.05, 0) is 24.1 Å². The molecule has 0 saturated carbocycles. The molecule has 1 fully saturated rings. The predicted octanol–water partition coefficient (Wildman–Crippen LogP) is 3.84. The molecule has 0 radical (unpaired) electrons. The quantitative estimate of drug-likeness (QED) is 0.856. The summed E-state index contributed by atoms with van der Waals surface area (Å²) in [6, 6.07) is 15.7. The van der Waals surface area contributed by atoms with Crippen molar-refractivity contribution in [1.29, 1.82) is 0 Å². The number of carbonyl (C=O) groups excluding carboxylic acids is 1. The number of carbonyl (C=O) groups is 1. The summed E-state index contributed by atoms with van der Waals surface area (Å²) in [6.45, 7) is 3.07. The van der Waals surface area contributed by atoms with E-state index >= 15 is 0 Å². The van der Waals surface area contributed by atoms with Crippen LogP contribution in [0.4, 0.5) is 4.39 Å². The summed E-state index contributed by atoms with van der Waals surface area (Å²) in [4.78, 5) is 17.4. The molecule has 0 aromatic heterocycles. The molecule has 0 bridgehead atoms. The average Bonchev–Trinajstić information content (AvgIpc) is 2.69. The number of thioether (sulfide) groups is 1. The van der Waals surface area contributed by atoms with Crippen molar-refractivity contribution in [3.8, 4) is 0 Å². The first-order chi connectivity index (χ1) is 13.1. The van der Waals surface area contributed by atoms with Crippen LogP contribution in [-0.2, 0) is 10.3 Å². The van der Waals surface area contributed by atoms with Gasteiger partial charge in [-0.3, -0.25) is 4.79 Å². The molecular weight excluding hydrogens is 363 g/mol. The zero-order valence-corrected chi connectivity index (χ0v) is 15.8. The molecule has 140 valence electrons. The summed E-state index contributed by atoms with van der Waals surface area (Å²) in [5.74, 6) is 0.650. The zero-order chi connectivity index (χ0) is 18.9. The smallest absolute Gasteiger partial charge is 0.257 e. The summed E-state index contributed by atoms with van der Waals surface area (Å²) < 4.78 is 20.5. The average molecular weight is 384 g/mol. The van der Waals surface area contributed by atoms with Crippen LogP contribution in [-0.4, -0.2) is 30.0 Å². The van der Waals surface area contributed by atoms with Crippen LogP contribution in [0.15, 0.2) is 59.6 Å². The minimum atomic E-state index is -0.812. The topological polar surface area (TPSA) is 50.7 Å². The Hall–Kier alpha value is -2.18. The number of rotatable bonds is 2. The normalized spacial score (nSPS) is 27.4. The second-order valence-corrected chi connectivity index (χ2v) is 8.06. The molecule has 1 N–H and O–H groups in total. The summed E-state index contributed by atoms with van der Waals surface area (Å²) in [7, 11) is 0. The predicted molar refractivity (Wildman–Crippen MR) is 105 cm³/mol. The third kappa shape index (κ3) is 3.39. The van der Waals surface area contributed by atoms with Crippen molar-refractivity contribution in [2.75, 3.05) is 19.0 Å². The van der Waals surface area contributed by atoms with Gasteiger partial charge in [-0.15, -0.1) is 0 Å². The fourth-order valence-electron chi connectivity index (χ4n) is 3.87. The number of benzene rings is 2. The first-order valence-electron chi connectivity index (χ1n) is 9.02. The van der Waals surface area contributed by atoms with E-state index in [9.17, 15) is 9.18 Å². The van der Waals surface area contributed by atoms with E-state index < -0.39 is 5.54 Å². The lowest BCUT2D eigenvalue weighted by atomic mass is 9.72. The Kier molecular flexibility index (Phi) is 5.02. The minimum absolute atomic E-state index is 0.144. The molecule has 2 aromatic carbocycles. The Balaban J connectivity index is 1.71. The van der Waals surface area contributed by atoms with Gasteiger partial charge in [0.15, 0.2) is 5.17 Å². The van der Waals surface area contributed by atoms with E-state index in [0.29, 0.717) is 29.5 Å². The van der Waals surface area contributed by atoms with E-state index in [1.165, 1.54) is 17.8 Å². The van der Waals surface area contributed by atoms with E-state index in [2.05, 4.69) is 12.2 Å². The third-order valence-electron chi connectivity index (χ3n) is 5.30. The molecule has 4 rings (SSSR count). The lowest BCUT2D eigenvalue weighted by Crippen LogP contribution is -2.52. The Bertz CT molecular complexity index is 873. The standard InChI is InChI=1S/C21H21FN2O2S/c1-14-11-26-13-21(16-9-5-6-10-18(16)22)17(14)12-27-20(24-21)23-19(25)15-7-3-2-4-8-15/h2-10,14,17H,11-13H2,1H3,(H,23,24,25)/t14-,17-,21-/m1/s1. The van der Waals surface area contributed by atoms with E-state index in [4.69, 9.17) is 9.73 Å². The van der Waals surface area contributed by atoms with E-state index in [1.54, 1.807) is 24.3 Å². The number of nitrogens with zero attached hydrogens (tertiary/aromatic N) is 1. The van der Waals surface area contributed by atoms with Gasteiger partial charge < -0.3 is 10.1 Å². The molecular formula is C21H21FN2O2S. The molecule has 0 aliphatic carbocycles. The molecule has 2 aromatic rings. The van der Waals surface area contributed by atoms with Crippen LogP contribution in [0.1, 0.15) is 22.8 Å². The maximum absolute atomic E-state index is 14.7. The molecule has 0 spiro atoms. The number of hydrogen-bond donors (Lipinski definition) is 1. The van der Waals surface area contributed by atoms with Crippen LogP contribution in [0.25, 0.3) is 0 Å². The van der Waals surface area contributed by atoms with Gasteiger partial charge in [0.1, 0.15) is 11.4 Å². The van der Waals surface area contributed by atoms with E-state index in [-0.39, 0.29) is 23.6 Å². The molecule has 27 heavy (non-hydrogen) atoms. The fourth-order valence-corrected chi connectivity index (χ4v) is 5.20. The van der Waals surface area contributed by atoms with Gasteiger partial charge in [0.05, 0.1) is 6.61 Å². The molecule has 1 saturated heterocycles. The van der Waals surface area contributed by atoms with Crippen molar-refractivity contribution < 1.29 is 13.9 Å². The molecule has 4 nitrogen and oxygen atoms in total. The summed E-state index contributed by atoms with van der Waals surface area (Å²) in [5, 5.41) is 3.41. The SMILES string of the molecule is C[C@@H]1COC[C@]2(c3ccccc3F)N=C(NC(=O)c3ccccc3)SC[C@H]12. The van der Waals surface area contributed by atoms with E-state index in [0.717, 1.165) is 5.75 Å². The van der Waals surface area contributed by atoms with Crippen molar-refractivity contribution in [2.45, 2.75) is 12.5 Å². The number of fused-ring (bicyclic) bond motifs is 1. The second-order valence-electron chi connectivity index (χ2n) is 7.05. The van der Waals surface area contributed by atoms with Crippen molar-refractivity contribution in [3.63, 3.8) is 0 Å². The maximum Gasteiger partial charge on any atom is 0.257 e. The molecule has 1 amide bonds. The van der Waals surface area contributed by atoms with E-state index in [1.807, 2.05) is 24.3 Å². The van der Waals surface area contributed by atoms with Crippen LogP contribution < -0.4 is 5.32 Å². The summed E-state index contributed by atoms with van der Waals surface area (Å²) in [6.07, 6.45) is 0. The first kappa shape index (κ1) is 18.2. The lowest BCUT2D eigenvalue weighted by molar-refractivity contribution is -0.0340. The van der Waals surface area contributed by atoms with Gasteiger partial charge in [-0.2, -0.15) is 0 Å². The van der Waals surface area contributed by atoms with Gasteiger partial charge >= 0.3 is 0 Å². The zero-order valence-electron chi connectivity index (χ0n) is 15.0. The van der Waals surface area contributed by atoms with Crippen molar-refractivity contribution in [2.24, 2.45) is 16.8 Å². The Morgan fingerprint density at radius 1 is 1.22 bits per heavy atom. The highest BCUT2D eigenvalue weighted by Crippen LogP contribution is 2.47. The number of hydrogen-bond acceptors (Lipinski definition) is 4. The van der Waals surface area contributed by atoms with Crippen LogP contribution in [0.2, 0.25) is 0 Å². The highest BCUT2D eigenvalue weighted by molar-refractivity contribution is 8.13. The van der Waals surface area contributed by atoms with Gasteiger partial charge in [-0.1, -0.05) is 55.1 Å². The number of nitrogens with one attached hydrogen (secondary N) is 1. The van der Waals surface area contributed by atoms with Crippen molar-refractivity contribution >= 4 is 22.8 Å². The molecule has 2 aliphatic rings. The van der Waals surface area contributed by atoms with Gasteiger partial charge in [-0.25, -0.2) is 9.38 Å². The van der Waals surface area contributed by atoms with Gasteiger partial charge in [0, 0.05) is 29.4 Å². The van der Waals surface area contributed by atoms with Gasteiger partial charge in [0.25, 0.3) is 5.91 Å². The van der Waals surface area contributed by atoms with Crippen molar-refractivity contribution in [1.82, 2.24) is 5.32 Å². The Morgan fingerprint density at radius 2 is 1.96 bits per heavy atom. The minimum Gasteiger partial charge on any atom is -0.378 e. The van der Waals surface area contributed by atoms with Crippen molar-refractivity contribution in [3.05, 3.63) is 71.5 Å². The molecule has 2 aliphatic heterocycles. The molecule has 2 heterocycles. The summed E-state index contributed by atoms with van der Waals surface area (Å²) in [5.41, 5.74) is 0.289. The fraction of sp³-hybridized carbons (Fsp3) is 0.333. The van der Waals surface area contributed by atoms with Crippen LogP contribution in [0.5, 0.6) is 0 Å². The third-order valence-corrected chi connectivity index (χ3v) is 6.29. The monoisotopic (exact) mass is 384 g/mol. The highest BCUT2D eigenvalue weighted by Gasteiger charge is 2.50. The molecule has 6 heteroatoms. The largest absolute Gasteiger partial charge is 0.378 e. The maximum atomic E-state index is 14.7.